The molecule has 2 aromatic carbocycles. The fourth-order valence-electron chi connectivity index (χ4n) is 2.67. The molecule has 2 heterocycles. The Labute approximate surface area is 137 Å². The van der Waals surface area contributed by atoms with E-state index in [0.29, 0.717) is 13.0 Å². The second kappa shape index (κ2) is 5.89. The molecule has 0 unspecified atom stereocenters. The summed E-state index contributed by atoms with van der Waals surface area (Å²) in [4.78, 5) is 12.5. The topological polar surface area (TPSA) is 58.5 Å². The SMILES string of the molecule is O=C(Cc1ccc2nsnc2c1)N1CCC(c2ccccc2)=N1. The van der Waals surface area contributed by atoms with Crippen LogP contribution in [0.1, 0.15) is 17.5 Å². The van der Waals surface area contributed by atoms with E-state index in [1.165, 1.54) is 11.7 Å². The zero-order valence-corrected chi connectivity index (χ0v) is 13.2. The Bertz CT molecular complexity index is 888. The highest BCUT2D eigenvalue weighted by molar-refractivity contribution is 7.00. The van der Waals surface area contributed by atoms with Crippen molar-refractivity contribution >= 4 is 34.4 Å². The maximum atomic E-state index is 12.5. The zero-order chi connectivity index (χ0) is 15.6. The number of hydrogen-bond acceptors (Lipinski definition) is 5. The fraction of sp³-hybridized carbons (Fsp3) is 0.176. The number of rotatable bonds is 3. The van der Waals surface area contributed by atoms with Gasteiger partial charge < -0.3 is 0 Å². The highest BCUT2D eigenvalue weighted by atomic mass is 32.1. The van der Waals surface area contributed by atoms with E-state index in [-0.39, 0.29) is 5.91 Å². The van der Waals surface area contributed by atoms with Gasteiger partial charge in [-0.3, -0.25) is 4.79 Å². The number of carbonyl (C=O) groups is 1. The Kier molecular flexibility index (Phi) is 3.59. The molecule has 0 atom stereocenters. The van der Waals surface area contributed by atoms with Gasteiger partial charge in [-0.15, -0.1) is 0 Å². The average molecular weight is 322 g/mol. The van der Waals surface area contributed by atoms with E-state index in [2.05, 4.69) is 13.8 Å². The minimum Gasteiger partial charge on any atom is -0.273 e. The number of nitrogens with zero attached hydrogens (tertiary/aromatic N) is 4. The van der Waals surface area contributed by atoms with Crippen molar-refractivity contribution in [3.8, 4) is 0 Å². The minimum absolute atomic E-state index is 0.0125. The van der Waals surface area contributed by atoms with Gasteiger partial charge >= 0.3 is 0 Å². The second-order valence-corrected chi connectivity index (χ2v) is 5.97. The predicted molar refractivity (Wildman–Crippen MR) is 90.4 cm³/mol. The molecule has 0 radical (unpaired) electrons. The van der Waals surface area contributed by atoms with Crippen molar-refractivity contribution in [2.24, 2.45) is 5.10 Å². The summed E-state index contributed by atoms with van der Waals surface area (Å²) < 4.78 is 8.39. The molecular weight excluding hydrogens is 308 g/mol. The average Bonchev–Trinajstić information content (AvgIpc) is 3.24. The van der Waals surface area contributed by atoms with Gasteiger partial charge in [-0.25, -0.2) is 5.01 Å². The zero-order valence-electron chi connectivity index (χ0n) is 12.3. The molecule has 4 rings (SSSR count). The summed E-state index contributed by atoms with van der Waals surface area (Å²) in [5.41, 5.74) is 4.71. The van der Waals surface area contributed by atoms with Crippen LogP contribution >= 0.6 is 11.7 Å². The lowest BCUT2D eigenvalue weighted by molar-refractivity contribution is -0.130. The van der Waals surface area contributed by atoms with Crippen LogP contribution in [-0.2, 0) is 11.2 Å². The molecule has 23 heavy (non-hydrogen) atoms. The quantitative estimate of drug-likeness (QED) is 0.745. The Morgan fingerprint density at radius 1 is 1.09 bits per heavy atom. The normalized spacial score (nSPS) is 14.3. The maximum Gasteiger partial charge on any atom is 0.247 e. The van der Waals surface area contributed by atoms with Crippen LogP contribution in [0.15, 0.2) is 53.6 Å². The van der Waals surface area contributed by atoms with Crippen molar-refractivity contribution < 1.29 is 4.79 Å². The molecule has 0 spiro atoms. The van der Waals surface area contributed by atoms with Gasteiger partial charge in [-0.2, -0.15) is 13.8 Å². The smallest absolute Gasteiger partial charge is 0.247 e. The number of hydrazone groups is 1. The number of aromatic nitrogens is 2. The lowest BCUT2D eigenvalue weighted by atomic mass is 10.1. The van der Waals surface area contributed by atoms with E-state index in [9.17, 15) is 4.79 Å². The molecule has 0 aliphatic carbocycles. The first-order chi connectivity index (χ1) is 11.3. The number of hydrogen-bond donors (Lipinski definition) is 0. The van der Waals surface area contributed by atoms with E-state index >= 15 is 0 Å². The number of carbonyl (C=O) groups excluding carboxylic acids is 1. The first kappa shape index (κ1) is 14.0. The van der Waals surface area contributed by atoms with E-state index in [1.807, 2.05) is 48.5 Å². The molecule has 0 saturated carbocycles. The van der Waals surface area contributed by atoms with Gasteiger partial charge in [0.1, 0.15) is 11.0 Å². The molecule has 3 aromatic rings. The Morgan fingerprint density at radius 2 is 1.91 bits per heavy atom. The van der Waals surface area contributed by atoms with E-state index in [1.54, 1.807) is 5.01 Å². The summed E-state index contributed by atoms with van der Waals surface area (Å²) in [6.45, 7) is 0.642. The van der Waals surface area contributed by atoms with Crippen LogP contribution in [0, 0.1) is 0 Å². The molecule has 1 aliphatic rings. The molecule has 1 aliphatic heterocycles. The standard InChI is InChI=1S/C17H14N4OS/c22-17(11-12-6-7-15-16(10-12)20-23-19-15)21-9-8-14(18-21)13-4-2-1-3-5-13/h1-7,10H,8-9,11H2. The third kappa shape index (κ3) is 2.85. The lowest BCUT2D eigenvalue weighted by Crippen LogP contribution is -2.25. The fourth-order valence-corrected chi connectivity index (χ4v) is 3.19. The van der Waals surface area contributed by atoms with Crippen molar-refractivity contribution in [3.63, 3.8) is 0 Å². The van der Waals surface area contributed by atoms with Crippen LogP contribution in [0.3, 0.4) is 0 Å². The van der Waals surface area contributed by atoms with E-state index in [4.69, 9.17) is 0 Å². The summed E-state index contributed by atoms with van der Waals surface area (Å²) in [5, 5.41) is 6.06. The summed E-state index contributed by atoms with van der Waals surface area (Å²) in [7, 11) is 0. The molecule has 5 nitrogen and oxygen atoms in total. The molecule has 0 fully saturated rings. The van der Waals surface area contributed by atoms with Crippen LogP contribution in [0.4, 0.5) is 0 Å². The molecule has 0 saturated heterocycles. The largest absolute Gasteiger partial charge is 0.273 e. The second-order valence-electron chi connectivity index (χ2n) is 5.44. The van der Waals surface area contributed by atoms with Gasteiger partial charge in [-0.1, -0.05) is 36.4 Å². The van der Waals surface area contributed by atoms with Crippen LogP contribution in [0.2, 0.25) is 0 Å². The van der Waals surface area contributed by atoms with Crippen molar-refractivity contribution in [3.05, 3.63) is 59.7 Å². The maximum absolute atomic E-state index is 12.5. The van der Waals surface area contributed by atoms with Crippen molar-refractivity contribution in [1.29, 1.82) is 0 Å². The first-order valence-electron chi connectivity index (χ1n) is 7.44. The van der Waals surface area contributed by atoms with Gasteiger partial charge in [0.25, 0.3) is 0 Å². The summed E-state index contributed by atoms with van der Waals surface area (Å²) >= 11 is 1.19. The predicted octanol–water partition coefficient (Wildman–Crippen LogP) is 2.87. The lowest BCUT2D eigenvalue weighted by Gasteiger charge is -2.11. The van der Waals surface area contributed by atoms with E-state index in [0.717, 1.165) is 34.3 Å². The molecule has 1 aromatic heterocycles. The van der Waals surface area contributed by atoms with Crippen LogP contribution in [0.25, 0.3) is 11.0 Å². The Balaban J connectivity index is 1.50. The molecule has 0 N–H and O–H groups in total. The van der Waals surface area contributed by atoms with Crippen molar-refractivity contribution in [2.45, 2.75) is 12.8 Å². The van der Waals surface area contributed by atoms with Crippen LogP contribution in [0.5, 0.6) is 0 Å². The molecule has 1 amide bonds. The molecule has 0 bridgehead atoms. The van der Waals surface area contributed by atoms with Crippen molar-refractivity contribution in [1.82, 2.24) is 13.8 Å². The number of amides is 1. The summed E-state index contributed by atoms with van der Waals surface area (Å²) in [6.07, 6.45) is 1.13. The van der Waals surface area contributed by atoms with Gasteiger partial charge in [0, 0.05) is 6.42 Å². The third-order valence-corrected chi connectivity index (χ3v) is 4.43. The summed E-state index contributed by atoms with van der Waals surface area (Å²) in [5.74, 6) is 0.0125. The minimum atomic E-state index is 0.0125. The highest BCUT2D eigenvalue weighted by Gasteiger charge is 2.21. The molecule has 114 valence electrons. The Hall–Kier alpha value is -2.60. The monoisotopic (exact) mass is 322 g/mol. The number of benzene rings is 2. The van der Waals surface area contributed by atoms with Crippen LogP contribution < -0.4 is 0 Å². The number of fused-ring (bicyclic) bond motifs is 1. The first-order valence-corrected chi connectivity index (χ1v) is 8.17. The van der Waals surface area contributed by atoms with E-state index < -0.39 is 0 Å². The third-order valence-electron chi connectivity index (χ3n) is 3.87. The van der Waals surface area contributed by atoms with Gasteiger partial charge in [0.15, 0.2) is 0 Å². The molecular formula is C17H14N4OS. The van der Waals surface area contributed by atoms with Crippen molar-refractivity contribution in [2.75, 3.05) is 6.54 Å². The van der Waals surface area contributed by atoms with Gasteiger partial charge in [-0.05, 0) is 23.3 Å². The van der Waals surface area contributed by atoms with Gasteiger partial charge in [0.2, 0.25) is 5.91 Å². The molecule has 6 heteroatoms. The Morgan fingerprint density at radius 3 is 2.78 bits per heavy atom. The van der Waals surface area contributed by atoms with Crippen LogP contribution in [-0.4, -0.2) is 31.9 Å². The van der Waals surface area contributed by atoms with Gasteiger partial charge in [0.05, 0.1) is 30.4 Å². The summed E-state index contributed by atoms with van der Waals surface area (Å²) in [6, 6.07) is 15.8. The highest BCUT2D eigenvalue weighted by Crippen LogP contribution is 2.17.